The molecule has 1 aliphatic heterocycles. The van der Waals surface area contributed by atoms with E-state index in [1.165, 1.54) is 31.2 Å². The van der Waals surface area contributed by atoms with Gasteiger partial charge in [-0.25, -0.2) is 0 Å². The standard InChI is InChI=1S/C21H24N2O/c1-24-20-12-10-17(11-13-20)21-9-3-2-6-14-23(21)16-19-8-5-4-7-18(19)15-22/h4-5,7-8,10-13,21H,2-3,6,9,14,16H2,1H3/t21-/m0/s1. The summed E-state index contributed by atoms with van der Waals surface area (Å²) >= 11 is 0. The molecule has 1 atom stereocenters. The Morgan fingerprint density at radius 2 is 1.88 bits per heavy atom. The zero-order chi connectivity index (χ0) is 16.8. The molecule has 2 aromatic rings. The Morgan fingerprint density at radius 1 is 1.08 bits per heavy atom. The molecular formula is C21H24N2O. The maximum atomic E-state index is 9.36. The van der Waals surface area contributed by atoms with E-state index >= 15 is 0 Å². The summed E-state index contributed by atoms with van der Waals surface area (Å²) in [7, 11) is 1.70. The average molecular weight is 320 g/mol. The van der Waals surface area contributed by atoms with Crippen LogP contribution in [0.3, 0.4) is 0 Å². The van der Waals surface area contributed by atoms with Crippen molar-refractivity contribution in [3.8, 4) is 11.8 Å². The number of ether oxygens (including phenoxy) is 1. The van der Waals surface area contributed by atoms with Gasteiger partial charge in [-0.1, -0.05) is 43.2 Å². The lowest BCUT2D eigenvalue weighted by atomic mass is 9.99. The number of likely N-dealkylation sites (tertiary alicyclic amines) is 1. The molecule has 0 unspecified atom stereocenters. The molecule has 124 valence electrons. The molecule has 0 N–H and O–H groups in total. The van der Waals surface area contributed by atoms with Gasteiger partial charge in [-0.3, -0.25) is 4.90 Å². The van der Waals surface area contributed by atoms with E-state index in [4.69, 9.17) is 4.74 Å². The van der Waals surface area contributed by atoms with Crippen LogP contribution in [0.25, 0.3) is 0 Å². The van der Waals surface area contributed by atoms with E-state index in [1.807, 2.05) is 30.3 Å². The lowest BCUT2D eigenvalue weighted by Crippen LogP contribution is -2.28. The highest BCUT2D eigenvalue weighted by Crippen LogP contribution is 2.32. The van der Waals surface area contributed by atoms with Crippen LogP contribution in [0.15, 0.2) is 48.5 Å². The molecule has 0 amide bonds. The van der Waals surface area contributed by atoms with Crippen LogP contribution in [0.5, 0.6) is 5.75 Å². The molecule has 3 nitrogen and oxygen atoms in total. The third-order valence-corrected chi connectivity index (χ3v) is 4.88. The smallest absolute Gasteiger partial charge is 0.118 e. The summed E-state index contributed by atoms with van der Waals surface area (Å²) < 4.78 is 5.28. The normalized spacial score (nSPS) is 18.6. The minimum absolute atomic E-state index is 0.408. The second kappa shape index (κ2) is 7.99. The topological polar surface area (TPSA) is 36.3 Å². The van der Waals surface area contributed by atoms with Crippen LogP contribution in [0, 0.1) is 11.3 Å². The molecule has 0 saturated carbocycles. The van der Waals surface area contributed by atoms with Gasteiger partial charge in [0, 0.05) is 12.6 Å². The van der Waals surface area contributed by atoms with E-state index in [1.54, 1.807) is 7.11 Å². The Morgan fingerprint density at radius 3 is 2.62 bits per heavy atom. The Labute approximate surface area is 144 Å². The van der Waals surface area contributed by atoms with Gasteiger partial charge in [0.15, 0.2) is 0 Å². The minimum Gasteiger partial charge on any atom is -0.497 e. The SMILES string of the molecule is COc1ccc([C@@H]2CCCCCN2Cc2ccccc2C#N)cc1. The lowest BCUT2D eigenvalue weighted by Gasteiger charge is -2.30. The van der Waals surface area contributed by atoms with E-state index in [-0.39, 0.29) is 0 Å². The number of hydrogen-bond donors (Lipinski definition) is 0. The molecule has 0 aromatic heterocycles. The molecule has 0 radical (unpaired) electrons. The summed E-state index contributed by atoms with van der Waals surface area (Å²) in [5.74, 6) is 0.897. The number of hydrogen-bond acceptors (Lipinski definition) is 3. The monoisotopic (exact) mass is 320 g/mol. The number of methoxy groups -OCH3 is 1. The Bertz CT molecular complexity index is 703. The van der Waals surface area contributed by atoms with Crippen molar-refractivity contribution < 1.29 is 4.74 Å². The molecule has 3 rings (SSSR count). The van der Waals surface area contributed by atoms with Gasteiger partial charge in [0.25, 0.3) is 0 Å². The highest BCUT2D eigenvalue weighted by Gasteiger charge is 2.23. The summed E-state index contributed by atoms with van der Waals surface area (Å²) in [5, 5.41) is 9.36. The first-order chi connectivity index (χ1) is 11.8. The van der Waals surface area contributed by atoms with Gasteiger partial charge in [-0.05, 0) is 48.7 Å². The molecule has 0 bridgehead atoms. The van der Waals surface area contributed by atoms with E-state index < -0.39 is 0 Å². The third-order valence-electron chi connectivity index (χ3n) is 4.88. The first-order valence-electron chi connectivity index (χ1n) is 8.68. The number of nitriles is 1. The zero-order valence-corrected chi connectivity index (χ0v) is 14.2. The fourth-order valence-electron chi connectivity index (χ4n) is 3.55. The largest absolute Gasteiger partial charge is 0.497 e. The van der Waals surface area contributed by atoms with E-state index in [2.05, 4.69) is 29.2 Å². The zero-order valence-electron chi connectivity index (χ0n) is 14.2. The van der Waals surface area contributed by atoms with E-state index in [9.17, 15) is 5.26 Å². The molecule has 0 spiro atoms. The fourth-order valence-corrected chi connectivity index (χ4v) is 3.55. The summed E-state index contributed by atoms with van der Waals surface area (Å²) in [4.78, 5) is 2.53. The van der Waals surface area contributed by atoms with Crippen LogP contribution in [0.2, 0.25) is 0 Å². The van der Waals surface area contributed by atoms with Crippen LogP contribution in [-0.2, 0) is 6.54 Å². The summed E-state index contributed by atoms with van der Waals surface area (Å²) in [5.41, 5.74) is 3.25. The van der Waals surface area contributed by atoms with E-state index in [0.29, 0.717) is 6.04 Å². The third kappa shape index (κ3) is 3.77. The fraction of sp³-hybridized carbons (Fsp3) is 0.381. The second-order valence-electron chi connectivity index (χ2n) is 6.38. The van der Waals surface area contributed by atoms with Crippen molar-refractivity contribution in [3.63, 3.8) is 0 Å². The van der Waals surface area contributed by atoms with E-state index in [0.717, 1.165) is 30.0 Å². The molecule has 1 fully saturated rings. The van der Waals surface area contributed by atoms with Gasteiger partial charge in [0.05, 0.1) is 18.7 Å². The molecule has 2 aromatic carbocycles. The van der Waals surface area contributed by atoms with Crippen molar-refractivity contribution in [2.24, 2.45) is 0 Å². The summed E-state index contributed by atoms with van der Waals surface area (Å²) in [6, 6.07) is 19.1. The lowest BCUT2D eigenvalue weighted by molar-refractivity contribution is 0.192. The van der Waals surface area contributed by atoms with Crippen molar-refractivity contribution in [3.05, 3.63) is 65.2 Å². The predicted molar refractivity (Wildman–Crippen MR) is 95.8 cm³/mol. The van der Waals surface area contributed by atoms with Gasteiger partial charge >= 0.3 is 0 Å². The summed E-state index contributed by atoms with van der Waals surface area (Å²) in [6.45, 7) is 1.91. The highest BCUT2D eigenvalue weighted by molar-refractivity contribution is 5.37. The maximum absolute atomic E-state index is 9.36. The molecular weight excluding hydrogens is 296 g/mol. The van der Waals surface area contributed by atoms with Crippen LogP contribution in [0.1, 0.15) is 48.4 Å². The van der Waals surface area contributed by atoms with Gasteiger partial charge in [0.1, 0.15) is 5.75 Å². The molecule has 24 heavy (non-hydrogen) atoms. The molecule has 1 aliphatic rings. The van der Waals surface area contributed by atoms with Crippen LogP contribution in [-0.4, -0.2) is 18.6 Å². The highest BCUT2D eigenvalue weighted by atomic mass is 16.5. The quantitative estimate of drug-likeness (QED) is 0.820. The van der Waals surface area contributed by atoms with Crippen molar-refractivity contribution in [1.82, 2.24) is 4.90 Å². The number of nitrogens with zero attached hydrogens (tertiary/aromatic N) is 2. The van der Waals surface area contributed by atoms with Crippen molar-refractivity contribution in [2.75, 3.05) is 13.7 Å². The molecule has 0 aliphatic carbocycles. The maximum Gasteiger partial charge on any atom is 0.118 e. The molecule has 3 heteroatoms. The summed E-state index contributed by atoms with van der Waals surface area (Å²) in [6.07, 6.45) is 4.93. The van der Waals surface area contributed by atoms with Gasteiger partial charge in [-0.2, -0.15) is 5.26 Å². The average Bonchev–Trinajstić information content (AvgIpc) is 2.88. The minimum atomic E-state index is 0.408. The van der Waals surface area contributed by atoms with Gasteiger partial charge in [0.2, 0.25) is 0 Å². The number of benzene rings is 2. The van der Waals surface area contributed by atoms with Crippen LogP contribution >= 0.6 is 0 Å². The first-order valence-corrected chi connectivity index (χ1v) is 8.68. The van der Waals surface area contributed by atoms with Crippen LogP contribution in [0.4, 0.5) is 0 Å². The molecule has 1 heterocycles. The second-order valence-corrected chi connectivity index (χ2v) is 6.38. The Hall–Kier alpha value is -2.31. The number of rotatable bonds is 4. The van der Waals surface area contributed by atoms with Crippen molar-refractivity contribution in [2.45, 2.75) is 38.3 Å². The van der Waals surface area contributed by atoms with Crippen LogP contribution < -0.4 is 4.74 Å². The predicted octanol–water partition coefficient (Wildman–Crippen LogP) is 4.68. The Balaban J connectivity index is 1.85. The van der Waals surface area contributed by atoms with Gasteiger partial charge < -0.3 is 4.74 Å². The Kier molecular flexibility index (Phi) is 5.51. The molecule has 1 saturated heterocycles. The van der Waals surface area contributed by atoms with Gasteiger partial charge in [-0.15, -0.1) is 0 Å². The van der Waals surface area contributed by atoms with Crippen molar-refractivity contribution >= 4 is 0 Å². The first kappa shape index (κ1) is 16.5. The van der Waals surface area contributed by atoms with Crippen molar-refractivity contribution in [1.29, 1.82) is 5.26 Å².